The van der Waals surface area contributed by atoms with Crippen molar-refractivity contribution < 1.29 is 14.7 Å². The molecule has 36 heavy (non-hydrogen) atoms. The molecule has 0 aliphatic rings. The molecule has 10 heteroatoms. The van der Waals surface area contributed by atoms with Crippen LogP contribution in [0.25, 0.3) is 5.82 Å². The number of pyridine rings is 1. The highest BCUT2D eigenvalue weighted by atomic mass is 32.1. The van der Waals surface area contributed by atoms with E-state index < -0.39 is 6.10 Å². The first-order valence-corrected chi connectivity index (χ1v) is 13.3. The van der Waals surface area contributed by atoms with E-state index in [0.717, 1.165) is 35.7 Å². The van der Waals surface area contributed by atoms with Crippen LogP contribution in [0.5, 0.6) is 0 Å². The number of aliphatic hydroxyl groups is 1. The van der Waals surface area contributed by atoms with E-state index in [4.69, 9.17) is 0 Å². The number of unbranched alkanes of at least 4 members (excludes halogenated alkanes) is 1. The Hall–Kier alpha value is -3.11. The van der Waals surface area contributed by atoms with Crippen molar-refractivity contribution in [1.29, 1.82) is 0 Å². The highest BCUT2D eigenvalue weighted by molar-refractivity contribution is 7.10. The maximum Gasteiger partial charge on any atom is 0.275 e. The number of thiazole rings is 1. The van der Waals surface area contributed by atoms with Crippen molar-refractivity contribution in [2.45, 2.75) is 71.8 Å². The number of hydrogen-bond acceptors (Lipinski definition) is 7. The summed E-state index contributed by atoms with van der Waals surface area (Å²) in [6.45, 7) is 8.47. The zero-order valence-corrected chi connectivity index (χ0v) is 22.5. The third-order valence-electron chi connectivity index (χ3n) is 6.15. The molecule has 194 valence electrons. The molecule has 3 aromatic heterocycles. The molecule has 2 unspecified atom stereocenters. The number of nitrogens with one attached hydrogen (secondary N) is 1. The van der Waals surface area contributed by atoms with Crippen molar-refractivity contribution in [2.24, 2.45) is 0 Å². The number of rotatable bonds is 12. The van der Waals surface area contributed by atoms with Gasteiger partial charge in [0.05, 0.1) is 16.4 Å². The topological polar surface area (TPSA) is 113 Å². The largest absolute Gasteiger partial charge is 0.383 e. The molecule has 3 aromatic rings. The molecule has 0 aliphatic carbocycles. The van der Waals surface area contributed by atoms with Gasteiger partial charge in [-0.25, -0.2) is 14.6 Å². The molecule has 2 N–H and O–H groups in total. The number of anilines is 1. The Kier molecular flexibility index (Phi) is 9.72. The summed E-state index contributed by atoms with van der Waals surface area (Å²) in [5.41, 5.74) is 2.69. The lowest BCUT2D eigenvalue weighted by Crippen LogP contribution is -2.37. The number of aryl methyl sites for hydroxylation is 2. The van der Waals surface area contributed by atoms with E-state index in [2.05, 4.69) is 27.3 Å². The summed E-state index contributed by atoms with van der Waals surface area (Å²) in [7, 11) is 1.72. The molecule has 2 amide bonds. The van der Waals surface area contributed by atoms with E-state index in [9.17, 15) is 14.7 Å². The van der Waals surface area contributed by atoms with E-state index in [1.165, 1.54) is 11.3 Å². The van der Waals surface area contributed by atoms with Crippen LogP contribution in [-0.4, -0.2) is 61.3 Å². The molecule has 0 saturated carbocycles. The molecule has 9 nitrogen and oxygen atoms in total. The molecule has 0 aromatic carbocycles. The number of nitrogens with zero attached hydrogens (tertiary/aromatic N) is 5. The highest BCUT2D eigenvalue weighted by Crippen LogP contribution is 2.28. The summed E-state index contributed by atoms with van der Waals surface area (Å²) in [6, 6.07) is 5.51. The molecule has 0 spiro atoms. The van der Waals surface area contributed by atoms with Gasteiger partial charge in [0.25, 0.3) is 11.8 Å². The maximum absolute atomic E-state index is 13.0. The van der Waals surface area contributed by atoms with Crippen molar-refractivity contribution in [3.63, 3.8) is 0 Å². The second-order valence-electron chi connectivity index (χ2n) is 9.05. The SMILES string of the molecule is CCCCC(O)C(=O)N(C)CCC(CC)c1nc(C(=O)Nc2cccnc2-n2nc(C)cc2C)cs1. The minimum absolute atomic E-state index is 0.114. The normalized spacial score (nSPS) is 12.8. The van der Waals surface area contributed by atoms with E-state index in [1.54, 1.807) is 40.3 Å². The Morgan fingerprint density at radius 2 is 2.03 bits per heavy atom. The predicted octanol–water partition coefficient (Wildman–Crippen LogP) is 4.49. The fourth-order valence-electron chi connectivity index (χ4n) is 4.01. The van der Waals surface area contributed by atoms with Crippen molar-refractivity contribution >= 4 is 28.8 Å². The minimum Gasteiger partial charge on any atom is -0.383 e. The van der Waals surface area contributed by atoms with Crippen LogP contribution in [0.2, 0.25) is 0 Å². The van der Waals surface area contributed by atoms with Crippen LogP contribution in [0.15, 0.2) is 29.8 Å². The third-order valence-corrected chi connectivity index (χ3v) is 7.15. The maximum atomic E-state index is 13.0. The number of carbonyl (C=O) groups excluding carboxylic acids is 2. The molecular formula is C26H36N6O3S. The Bertz CT molecular complexity index is 1170. The van der Waals surface area contributed by atoms with Gasteiger partial charge >= 0.3 is 0 Å². The number of carbonyl (C=O) groups is 2. The molecule has 0 fully saturated rings. The van der Waals surface area contributed by atoms with Gasteiger partial charge in [0.2, 0.25) is 0 Å². The lowest BCUT2D eigenvalue weighted by atomic mass is 10.0. The van der Waals surface area contributed by atoms with Crippen molar-refractivity contribution in [2.75, 3.05) is 18.9 Å². The molecule has 3 heterocycles. The highest BCUT2D eigenvalue weighted by Gasteiger charge is 2.22. The quantitative estimate of drug-likeness (QED) is 0.370. The summed E-state index contributed by atoms with van der Waals surface area (Å²) in [6.07, 6.45) is 4.51. The monoisotopic (exact) mass is 512 g/mol. The van der Waals surface area contributed by atoms with Crippen LogP contribution in [0.1, 0.15) is 78.8 Å². The minimum atomic E-state index is -0.947. The average molecular weight is 513 g/mol. The van der Waals surface area contributed by atoms with Crippen molar-refractivity contribution in [3.05, 3.63) is 51.9 Å². The number of amides is 2. The number of aromatic nitrogens is 4. The molecule has 3 rings (SSSR count). The summed E-state index contributed by atoms with van der Waals surface area (Å²) in [5.74, 6) is 0.109. The molecular weight excluding hydrogens is 476 g/mol. The standard InChI is InChI=1S/C26H36N6O3S/c1-6-8-11-22(33)26(35)31(5)14-12-19(7-2)25-29-21(16-36-25)24(34)28-20-10-9-13-27-23(20)32-18(4)15-17(3)30-32/h9-10,13,15-16,19,22,33H,6-8,11-12,14H2,1-5H3,(H,28,34). The second-order valence-corrected chi connectivity index (χ2v) is 9.94. The van der Waals surface area contributed by atoms with E-state index in [-0.39, 0.29) is 17.7 Å². The van der Waals surface area contributed by atoms with E-state index in [1.807, 2.05) is 26.8 Å². The van der Waals surface area contributed by atoms with Gasteiger partial charge in [-0.15, -0.1) is 11.3 Å². The summed E-state index contributed by atoms with van der Waals surface area (Å²) in [4.78, 5) is 36.0. The van der Waals surface area contributed by atoms with Crippen LogP contribution in [0.4, 0.5) is 5.69 Å². The first-order chi connectivity index (χ1) is 17.2. The summed E-state index contributed by atoms with van der Waals surface area (Å²) < 4.78 is 1.71. The second kappa shape index (κ2) is 12.7. The molecule has 0 saturated heterocycles. The molecule has 2 atom stereocenters. The summed E-state index contributed by atoms with van der Waals surface area (Å²) in [5, 5.41) is 20.1. The Morgan fingerprint density at radius 3 is 2.69 bits per heavy atom. The first-order valence-electron chi connectivity index (χ1n) is 12.4. The Morgan fingerprint density at radius 1 is 1.25 bits per heavy atom. The van der Waals surface area contributed by atoms with Crippen LogP contribution in [0.3, 0.4) is 0 Å². The van der Waals surface area contributed by atoms with Gasteiger partial charge in [-0.05, 0) is 51.3 Å². The number of likely N-dealkylation sites (N-methyl/N-ethyl adjacent to an activating group) is 1. The number of hydrogen-bond donors (Lipinski definition) is 2. The lowest BCUT2D eigenvalue weighted by molar-refractivity contribution is -0.139. The fourth-order valence-corrected chi connectivity index (χ4v) is 5.03. The zero-order chi connectivity index (χ0) is 26.2. The van der Waals surface area contributed by atoms with Gasteiger partial charge in [0.15, 0.2) is 5.82 Å². The van der Waals surface area contributed by atoms with Gasteiger partial charge in [-0.2, -0.15) is 5.10 Å². The average Bonchev–Trinajstić information content (AvgIpc) is 3.49. The van der Waals surface area contributed by atoms with Crippen molar-refractivity contribution in [3.8, 4) is 5.82 Å². The van der Waals surface area contributed by atoms with Gasteiger partial charge in [-0.1, -0.05) is 26.7 Å². The third kappa shape index (κ3) is 6.76. The van der Waals surface area contributed by atoms with Crippen LogP contribution in [0, 0.1) is 13.8 Å². The molecule has 0 bridgehead atoms. The van der Waals surface area contributed by atoms with Gasteiger partial charge < -0.3 is 15.3 Å². The lowest BCUT2D eigenvalue weighted by Gasteiger charge is -2.22. The predicted molar refractivity (Wildman–Crippen MR) is 142 cm³/mol. The Labute approximate surface area is 216 Å². The molecule has 0 radical (unpaired) electrons. The number of aliphatic hydroxyl groups excluding tert-OH is 1. The Balaban J connectivity index is 1.65. The van der Waals surface area contributed by atoms with Crippen LogP contribution < -0.4 is 5.32 Å². The van der Waals surface area contributed by atoms with E-state index in [0.29, 0.717) is 36.6 Å². The first kappa shape index (κ1) is 27.5. The van der Waals surface area contributed by atoms with Crippen molar-refractivity contribution in [1.82, 2.24) is 24.6 Å². The fraction of sp³-hybridized carbons (Fsp3) is 0.500. The smallest absolute Gasteiger partial charge is 0.275 e. The van der Waals surface area contributed by atoms with Gasteiger partial charge in [0, 0.05) is 36.8 Å². The van der Waals surface area contributed by atoms with Crippen LogP contribution in [-0.2, 0) is 4.79 Å². The van der Waals surface area contributed by atoms with E-state index >= 15 is 0 Å². The van der Waals surface area contributed by atoms with Gasteiger partial charge in [0.1, 0.15) is 11.8 Å². The molecule has 0 aliphatic heterocycles. The van der Waals surface area contributed by atoms with Crippen LogP contribution >= 0.6 is 11.3 Å². The van der Waals surface area contributed by atoms with Gasteiger partial charge in [-0.3, -0.25) is 9.59 Å². The summed E-state index contributed by atoms with van der Waals surface area (Å²) >= 11 is 1.45. The zero-order valence-electron chi connectivity index (χ0n) is 21.7.